The molecular weight excluding hydrogens is 1270 g/mol. The second kappa shape index (κ2) is 33.7. The number of hydrogen-bond donors (Lipinski definition) is 7. The van der Waals surface area contributed by atoms with Crippen LogP contribution in [0.25, 0.3) is 67.3 Å². The monoisotopic (exact) mass is 1380 g/mol. The average Bonchev–Trinajstić information content (AvgIpc) is 1.58. The summed E-state index contributed by atoms with van der Waals surface area (Å²) in [6.07, 6.45) is 4.67. The van der Waals surface area contributed by atoms with Crippen LogP contribution in [-0.4, -0.2) is 216 Å². The lowest BCUT2D eigenvalue weighted by Crippen LogP contribution is -2.49. The molecule has 2 fully saturated rings. The number of carbonyl (C=O) groups excluding carboxylic acids is 5. The van der Waals surface area contributed by atoms with Crippen LogP contribution in [0.4, 0.5) is 11.4 Å². The van der Waals surface area contributed by atoms with Crippen molar-refractivity contribution in [2.24, 2.45) is 11.5 Å². The SMILES string of the molecule is CCCN(CC(=O)N(CCC)CC(=O)N(CC(N)=O)C/C(N)=C/NCCCNC(=O)CCCOc1c(C(C)(C)C)cc(-c2nc3cc(N4CCN(C)CC4)ccc3[nH]2)cc1C(C)(C)C)C(=O)CCCOc1cccc(-c2nc3ccc(-c4nc5ccc(N6CCN(C)CC6)cc5[nH]4)cc3[nH]2)c1. The van der Waals surface area contributed by atoms with Crippen LogP contribution in [0.15, 0.2) is 103 Å². The van der Waals surface area contributed by atoms with Crippen LogP contribution in [0, 0.1) is 0 Å². The number of carbonyl (C=O) groups is 5. The normalized spacial score (nSPS) is 14.2. The van der Waals surface area contributed by atoms with Crippen LogP contribution in [-0.2, 0) is 34.8 Å². The topological polar surface area (TPSA) is 289 Å². The molecule has 8 aromatic rings. The Bertz CT molecular complexity index is 4170. The third-order valence-electron chi connectivity index (χ3n) is 18.6. The number of rotatable bonds is 32. The number of aromatic nitrogens is 6. The molecule has 24 nitrogen and oxygen atoms in total. The summed E-state index contributed by atoms with van der Waals surface area (Å²) in [5, 5.41) is 6.14. The van der Waals surface area contributed by atoms with Crippen LogP contribution in [0.5, 0.6) is 11.5 Å². The number of piperazine rings is 2. The van der Waals surface area contributed by atoms with E-state index in [-0.39, 0.29) is 74.0 Å². The number of H-pyrrole nitrogens is 3. The highest BCUT2D eigenvalue weighted by Crippen LogP contribution is 2.43. The van der Waals surface area contributed by atoms with Crippen molar-refractivity contribution in [2.45, 2.75) is 111 Å². The van der Waals surface area contributed by atoms with Gasteiger partial charge in [0.25, 0.3) is 0 Å². The number of aromatic amines is 3. The van der Waals surface area contributed by atoms with Gasteiger partial charge < -0.3 is 80.8 Å². The number of ether oxygens (including phenoxy) is 2. The fraction of sp³-hybridized carbons (Fsp3) is 0.481. The van der Waals surface area contributed by atoms with Gasteiger partial charge in [0.05, 0.1) is 72.5 Å². The van der Waals surface area contributed by atoms with E-state index in [0.29, 0.717) is 69.9 Å². The molecule has 24 heteroatoms. The van der Waals surface area contributed by atoms with Gasteiger partial charge in [-0.15, -0.1) is 0 Å². The number of fused-ring (bicyclic) bond motifs is 3. The molecule has 2 saturated heterocycles. The van der Waals surface area contributed by atoms with E-state index in [2.05, 4.69) is 155 Å². The highest BCUT2D eigenvalue weighted by Gasteiger charge is 2.31. The molecule has 5 aromatic carbocycles. The zero-order valence-electron chi connectivity index (χ0n) is 60.9. The van der Waals surface area contributed by atoms with Crippen molar-refractivity contribution in [1.82, 2.24) is 65.0 Å². The first kappa shape index (κ1) is 74.0. The molecule has 3 aromatic heterocycles. The smallest absolute Gasteiger partial charge is 0.243 e. The summed E-state index contributed by atoms with van der Waals surface area (Å²) in [5.74, 6) is 1.81. The van der Waals surface area contributed by atoms with E-state index >= 15 is 0 Å². The summed E-state index contributed by atoms with van der Waals surface area (Å²) >= 11 is 0. The van der Waals surface area contributed by atoms with E-state index in [9.17, 15) is 24.0 Å². The number of nitrogens with two attached hydrogens (primary N) is 2. The molecule has 101 heavy (non-hydrogen) atoms. The highest BCUT2D eigenvalue weighted by molar-refractivity contribution is 5.91. The van der Waals surface area contributed by atoms with E-state index in [1.807, 2.05) is 50.2 Å². The molecule has 0 radical (unpaired) electrons. The van der Waals surface area contributed by atoms with Crippen LogP contribution >= 0.6 is 0 Å². The lowest BCUT2D eigenvalue weighted by molar-refractivity contribution is -0.144. The second-order valence-corrected chi connectivity index (χ2v) is 29.0. The van der Waals surface area contributed by atoms with E-state index < -0.39 is 24.3 Å². The molecule has 0 aliphatic carbocycles. The maximum Gasteiger partial charge on any atom is 0.243 e. The quantitative estimate of drug-likeness (QED) is 0.0193. The van der Waals surface area contributed by atoms with Crippen LogP contribution in [0.2, 0.25) is 0 Å². The zero-order valence-corrected chi connectivity index (χ0v) is 60.9. The fourth-order valence-corrected chi connectivity index (χ4v) is 12.9. The molecule has 0 bridgehead atoms. The van der Waals surface area contributed by atoms with Crippen molar-refractivity contribution in [3.8, 4) is 45.7 Å². The minimum absolute atomic E-state index is 0.0839. The molecule has 0 atom stereocenters. The summed E-state index contributed by atoms with van der Waals surface area (Å²) in [6, 6.07) is 31.0. The Labute approximate surface area is 593 Å². The standard InChI is InChI=1S/C77H105N17O7/c1-11-29-92(69(97)20-15-39-100-58-18-13-17-52(41-58)73-82-61-24-21-53(44-64(61)85-73)74-83-62-25-22-56(45-65(62)86-74)90-35-31-88(9)32-36-90)50-70(98)93(30-12-2)51-71(99)94(49-67(79)95)48-55(78)47-80-27-16-28-81-68(96)19-14-40-101-72-59(76(3,4)5)42-54(43-60(72)77(6,7)8)75-84-63-26-23-57(46-66(63)87-75)91-37-33-89(10)34-38-91/h13,17-18,21-26,41-47,80H,11-12,14-16,19-20,27-40,48-51,78H2,1-10H3,(H2,79,95)(H,81,96)(H,82,85)(H,83,86)(H,84,87)/b55-47-. The molecule has 0 spiro atoms. The summed E-state index contributed by atoms with van der Waals surface area (Å²) in [7, 11) is 4.32. The Morgan fingerprint density at radius 1 is 0.535 bits per heavy atom. The number of primary amides is 1. The molecular formula is C77H105N17O7. The maximum atomic E-state index is 14.0. The zero-order chi connectivity index (χ0) is 72.0. The molecule has 540 valence electrons. The lowest BCUT2D eigenvalue weighted by Gasteiger charge is -2.34. The number of hydrogen-bond acceptors (Lipinski definition) is 16. The van der Waals surface area contributed by atoms with Gasteiger partial charge in [-0.3, -0.25) is 24.0 Å². The van der Waals surface area contributed by atoms with Crippen LogP contribution in [0.3, 0.4) is 0 Å². The molecule has 10 rings (SSSR count). The fourth-order valence-electron chi connectivity index (χ4n) is 12.9. The number of likely N-dealkylation sites (N-methyl/N-ethyl adjacent to an activating group) is 2. The molecule has 5 amide bonds. The van der Waals surface area contributed by atoms with Gasteiger partial charge in [-0.2, -0.15) is 0 Å². The molecule has 9 N–H and O–H groups in total. The Morgan fingerprint density at radius 3 is 1.69 bits per heavy atom. The summed E-state index contributed by atoms with van der Waals surface area (Å²) in [5.41, 5.74) is 24.6. The predicted octanol–water partition coefficient (Wildman–Crippen LogP) is 9.12. The summed E-state index contributed by atoms with van der Waals surface area (Å²) in [4.78, 5) is 106. The van der Waals surface area contributed by atoms with E-state index in [1.54, 1.807) is 6.20 Å². The largest absolute Gasteiger partial charge is 0.494 e. The van der Waals surface area contributed by atoms with Gasteiger partial charge in [0.2, 0.25) is 29.5 Å². The Morgan fingerprint density at radius 2 is 1.07 bits per heavy atom. The van der Waals surface area contributed by atoms with Crippen molar-refractivity contribution >= 4 is 74.0 Å². The van der Waals surface area contributed by atoms with Gasteiger partial charge in [-0.25, -0.2) is 15.0 Å². The first-order chi connectivity index (χ1) is 48.4. The van der Waals surface area contributed by atoms with Gasteiger partial charge in [0.15, 0.2) is 0 Å². The van der Waals surface area contributed by atoms with Crippen molar-refractivity contribution in [1.29, 1.82) is 0 Å². The first-order valence-corrected chi connectivity index (χ1v) is 35.9. The van der Waals surface area contributed by atoms with Gasteiger partial charge >= 0.3 is 0 Å². The number of anilines is 2. The predicted molar refractivity (Wildman–Crippen MR) is 402 cm³/mol. The lowest BCUT2D eigenvalue weighted by atomic mass is 9.78. The van der Waals surface area contributed by atoms with Gasteiger partial charge in [-0.05, 0) is 136 Å². The minimum atomic E-state index is -0.740. The highest BCUT2D eigenvalue weighted by atomic mass is 16.5. The molecule has 2 aliphatic rings. The van der Waals surface area contributed by atoms with E-state index in [4.69, 9.17) is 35.9 Å². The van der Waals surface area contributed by atoms with Crippen molar-refractivity contribution in [3.05, 3.63) is 114 Å². The molecule has 0 unspecified atom stereocenters. The average molecular weight is 1380 g/mol. The summed E-state index contributed by atoms with van der Waals surface area (Å²) < 4.78 is 12.8. The number of amides is 5. The van der Waals surface area contributed by atoms with Crippen molar-refractivity contribution in [3.63, 3.8) is 0 Å². The van der Waals surface area contributed by atoms with Gasteiger partial charge in [0.1, 0.15) is 29.0 Å². The van der Waals surface area contributed by atoms with Crippen LogP contribution in [0.1, 0.15) is 111 Å². The maximum absolute atomic E-state index is 14.0. The molecule has 0 saturated carbocycles. The van der Waals surface area contributed by atoms with Crippen molar-refractivity contribution in [2.75, 3.05) is 142 Å². The van der Waals surface area contributed by atoms with E-state index in [1.165, 1.54) is 26.1 Å². The molecule has 5 heterocycles. The van der Waals surface area contributed by atoms with E-state index in [0.717, 1.165) is 131 Å². The number of benzene rings is 5. The van der Waals surface area contributed by atoms with Gasteiger partial charge in [0, 0.05) is 142 Å². The van der Waals surface area contributed by atoms with Crippen LogP contribution < -0.4 is 41.4 Å². The van der Waals surface area contributed by atoms with Crippen molar-refractivity contribution < 1.29 is 33.4 Å². The minimum Gasteiger partial charge on any atom is -0.494 e. The third kappa shape index (κ3) is 19.9. The van der Waals surface area contributed by atoms with Gasteiger partial charge in [-0.1, -0.05) is 67.5 Å². The molecule has 2 aliphatic heterocycles. The second-order valence-electron chi connectivity index (χ2n) is 29.0. The third-order valence-corrected chi connectivity index (χ3v) is 18.6. The number of nitrogens with zero attached hydrogens (tertiary/aromatic N) is 10. The Kier molecular flexibility index (Phi) is 24.7. The first-order valence-electron chi connectivity index (χ1n) is 35.9. The Hall–Kier alpha value is -9.68. The number of nitrogens with one attached hydrogen (secondary N) is 5. The Balaban J connectivity index is 0.643. The number of imidazole rings is 3. The summed E-state index contributed by atoms with van der Waals surface area (Å²) in [6.45, 7) is 26.1.